The third-order valence-electron chi connectivity index (χ3n) is 3.38. The second kappa shape index (κ2) is 6.11. The summed E-state index contributed by atoms with van der Waals surface area (Å²) in [4.78, 5) is 2.53. The first-order chi connectivity index (χ1) is 7.13. The summed E-state index contributed by atoms with van der Waals surface area (Å²) in [6.45, 7) is 8.05. The molecular formula is C12H25N3. The van der Waals surface area contributed by atoms with Gasteiger partial charge < -0.3 is 10.6 Å². The van der Waals surface area contributed by atoms with Crippen molar-refractivity contribution in [1.29, 1.82) is 5.41 Å². The molecule has 0 amide bonds. The molecule has 0 bridgehead atoms. The van der Waals surface area contributed by atoms with E-state index in [4.69, 9.17) is 11.1 Å². The number of piperidine rings is 1. The Morgan fingerprint density at radius 3 is 2.53 bits per heavy atom. The van der Waals surface area contributed by atoms with Gasteiger partial charge in [0.15, 0.2) is 0 Å². The number of amidine groups is 1. The van der Waals surface area contributed by atoms with E-state index in [-0.39, 0.29) is 0 Å². The molecule has 0 spiro atoms. The molecule has 1 aliphatic rings. The number of hydrogen-bond acceptors (Lipinski definition) is 2. The van der Waals surface area contributed by atoms with E-state index in [1.807, 2.05) is 0 Å². The molecule has 1 saturated heterocycles. The first-order valence-corrected chi connectivity index (χ1v) is 6.19. The largest absolute Gasteiger partial charge is 0.387 e. The molecule has 1 aliphatic heterocycles. The van der Waals surface area contributed by atoms with E-state index in [2.05, 4.69) is 18.7 Å². The minimum absolute atomic E-state index is 0.350. The molecule has 1 heterocycles. The van der Waals surface area contributed by atoms with Crippen LogP contribution >= 0.6 is 0 Å². The van der Waals surface area contributed by atoms with Crippen molar-refractivity contribution in [2.75, 3.05) is 19.6 Å². The maximum absolute atomic E-state index is 7.42. The molecule has 0 radical (unpaired) electrons. The Hall–Kier alpha value is -0.570. The van der Waals surface area contributed by atoms with Crippen molar-refractivity contribution in [1.82, 2.24) is 4.90 Å². The summed E-state index contributed by atoms with van der Waals surface area (Å²) in [5, 5.41) is 7.42. The molecule has 1 fully saturated rings. The van der Waals surface area contributed by atoms with Gasteiger partial charge in [0.25, 0.3) is 0 Å². The van der Waals surface area contributed by atoms with Gasteiger partial charge in [-0.25, -0.2) is 0 Å². The third-order valence-corrected chi connectivity index (χ3v) is 3.38. The number of nitrogens with two attached hydrogens (primary N) is 1. The fraction of sp³-hybridized carbons (Fsp3) is 0.917. The van der Waals surface area contributed by atoms with Crippen molar-refractivity contribution in [2.24, 2.45) is 17.6 Å². The zero-order valence-electron chi connectivity index (χ0n) is 10.1. The number of likely N-dealkylation sites (tertiary alicyclic amines) is 1. The highest BCUT2D eigenvalue weighted by Crippen LogP contribution is 2.18. The number of hydrogen-bond donors (Lipinski definition) is 2. The van der Waals surface area contributed by atoms with Crippen molar-refractivity contribution in [3.05, 3.63) is 0 Å². The van der Waals surface area contributed by atoms with E-state index in [0.29, 0.717) is 11.8 Å². The quantitative estimate of drug-likeness (QED) is 0.540. The second-order valence-electron chi connectivity index (χ2n) is 4.92. The molecule has 3 heteroatoms. The zero-order valence-corrected chi connectivity index (χ0v) is 10.1. The maximum atomic E-state index is 7.42. The maximum Gasteiger partial charge on any atom is 0.0937 e. The molecule has 1 rings (SSSR count). The van der Waals surface area contributed by atoms with Gasteiger partial charge in [0, 0.05) is 12.5 Å². The van der Waals surface area contributed by atoms with Gasteiger partial charge in [0.2, 0.25) is 0 Å². The molecule has 0 saturated carbocycles. The summed E-state index contributed by atoms with van der Waals surface area (Å²) >= 11 is 0. The number of nitrogens with zero attached hydrogens (tertiary/aromatic N) is 1. The predicted molar refractivity (Wildman–Crippen MR) is 65.2 cm³/mol. The lowest BCUT2D eigenvalue weighted by molar-refractivity contribution is 0.181. The zero-order chi connectivity index (χ0) is 11.3. The molecule has 0 aliphatic carbocycles. The van der Waals surface area contributed by atoms with Gasteiger partial charge in [-0.1, -0.05) is 20.3 Å². The van der Waals surface area contributed by atoms with E-state index in [0.717, 1.165) is 31.8 Å². The molecule has 0 aromatic heterocycles. The smallest absolute Gasteiger partial charge is 0.0937 e. The number of rotatable bonds is 5. The van der Waals surface area contributed by atoms with Crippen LogP contribution in [0.2, 0.25) is 0 Å². The average Bonchev–Trinajstić information content (AvgIpc) is 2.18. The first-order valence-electron chi connectivity index (χ1n) is 6.19. The molecule has 3 N–H and O–H groups in total. The molecule has 88 valence electrons. The Balaban J connectivity index is 2.22. The Labute approximate surface area is 93.5 Å². The van der Waals surface area contributed by atoms with E-state index < -0.39 is 0 Å². The lowest BCUT2D eigenvalue weighted by Crippen LogP contribution is -2.40. The summed E-state index contributed by atoms with van der Waals surface area (Å²) in [6.07, 6.45) is 4.76. The lowest BCUT2D eigenvalue weighted by Gasteiger charge is -2.33. The van der Waals surface area contributed by atoms with Gasteiger partial charge in [-0.2, -0.15) is 0 Å². The highest BCUT2D eigenvalue weighted by atomic mass is 15.1. The van der Waals surface area contributed by atoms with Crippen molar-refractivity contribution in [2.45, 2.75) is 39.5 Å². The van der Waals surface area contributed by atoms with Crippen LogP contribution in [0.4, 0.5) is 0 Å². The summed E-state index contributed by atoms with van der Waals surface area (Å²) in [7, 11) is 0. The summed E-state index contributed by atoms with van der Waals surface area (Å²) in [5.41, 5.74) is 5.53. The van der Waals surface area contributed by atoms with Crippen LogP contribution in [-0.4, -0.2) is 30.4 Å². The molecule has 3 nitrogen and oxygen atoms in total. The molecule has 1 atom stereocenters. The van der Waals surface area contributed by atoms with Gasteiger partial charge in [-0.15, -0.1) is 0 Å². The summed E-state index contributed by atoms with van der Waals surface area (Å²) in [5.74, 6) is 1.54. The van der Waals surface area contributed by atoms with E-state index in [9.17, 15) is 0 Å². The van der Waals surface area contributed by atoms with Gasteiger partial charge in [-0.05, 0) is 38.3 Å². The third kappa shape index (κ3) is 4.20. The predicted octanol–water partition coefficient (Wildman–Crippen LogP) is 2.07. The standard InChI is InChI=1S/C12H25N3/c1-3-4-10(2)9-15-7-5-11(6-8-15)12(13)14/h10-11H,3-9H2,1-2H3,(H3,13,14). The van der Waals surface area contributed by atoms with Gasteiger partial charge in [0.05, 0.1) is 5.84 Å². The normalized spacial score (nSPS) is 21.5. The van der Waals surface area contributed by atoms with Crippen LogP contribution in [0, 0.1) is 17.2 Å². The van der Waals surface area contributed by atoms with Gasteiger partial charge >= 0.3 is 0 Å². The molecule has 15 heavy (non-hydrogen) atoms. The summed E-state index contributed by atoms with van der Waals surface area (Å²) < 4.78 is 0. The van der Waals surface area contributed by atoms with Gasteiger partial charge in [-0.3, -0.25) is 5.41 Å². The number of nitrogens with one attached hydrogen (secondary N) is 1. The van der Waals surface area contributed by atoms with Crippen LogP contribution in [0.5, 0.6) is 0 Å². The fourth-order valence-corrected chi connectivity index (χ4v) is 2.45. The molecule has 0 aromatic carbocycles. The first kappa shape index (κ1) is 12.5. The molecule has 0 aromatic rings. The minimum atomic E-state index is 0.350. The summed E-state index contributed by atoms with van der Waals surface area (Å²) in [6, 6.07) is 0. The lowest BCUT2D eigenvalue weighted by atomic mass is 9.95. The Morgan fingerprint density at radius 2 is 2.07 bits per heavy atom. The average molecular weight is 211 g/mol. The van der Waals surface area contributed by atoms with E-state index in [1.165, 1.54) is 19.4 Å². The van der Waals surface area contributed by atoms with Crippen molar-refractivity contribution < 1.29 is 0 Å². The van der Waals surface area contributed by atoms with E-state index >= 15 is 0 Å². The molecule has 1 unspecified atom stereocenters. The Kier molecular flexibility index (Phi) is 5.09. The van der Waals surface area contributed by atoms with Crippen molar-refractivity contribution >= 4 is 5.84 Å². The highest BCUT2D eigenvalue weighted by molar-refractivity contribution is 5.79. The topological polar surface area (TPSA) is 53.1 Å². The Bertz CT molecular complexity index is 195. The van der Waals surface area contributed by atoms with Crippen molar-refractivity contribution in [3.8, 4) is 0 Å². The van der Waals surface area contributed by atoms with Gasteiger partial charge in [0.1, 0.15) is 0 Å². The molecular weight excluding hydrogens is 186 g/mol. The van der Waals surface area contributed by atoms with Crippen LogP contribution in [0.3, 0.4) is 0 Å². The van der Waals surface area contributed by atoms with Crippen LogP contribution in [-0.2, 0) is 0 Å². The second-order valence-corrected chi connectivity index (χ2v) is 4.92. The van der Waals surface area contributed by atoms with Crippen LogP contribution in [0.25, 0.3) is 0 Å². The highest BCUT2D eigenvalue weighted by Gasteiger charge is 2.21. The Morgan fingerprint density at radius 1 is 1.47 bits per heavy atom. The van der Waals surface area contributed by atoms with Crippen LogP contribution in [0.1, 0.15) is 39.5 Å². The van der Waals surface area contributed by atoms with Crippen LogP contribution in [0.15, 0.2) is 0 Å². The monoisotopic (exact) mass is 211 g/mol. The van der Waals surface area contributed by atoms with E-state index in [1.54, 1.807) is 0 Å². The fourth-order valence-electron chi connectivity index (χ4n) is 2.45. The van der Waals surface area contributed by atoms with Crippen LogP contribution < -0.4 is 5.73 Å². The SMILES string of the molecule is CCCC(C)CN1CCC(C(=N)N)CC1. The minimum Gasteiger partial charge on any atom is -0.387 e. The van der Waals surface area contributed by atoms with Crippen molar-refractivity contribution in [3.63, 3.8) is 0 Å².